The van der Waals surface area contributed by atoms with Crippen molar-refractivity contribution in [1.29, 1.82) is 0 Å². The maximum absolute atomic E-state index is 6.10. The van der Waals surface area contributed by atoms with Gasteiger partial charge in [0, 0.05) is 24.4 Å². The molecule has 3 aliphatic rings. The molecule has 1 aliphatic carbocycles. The topological polar surface area (TPSA) is 21.3 Å². The maximum atomic E-state index is 6.10. The van der Waals surface area contributed by atoms with Gasteiger partial charge in [-0.05, 0) is 35.8 Å². The van der Waals surface area contributed by atoms with Gasteiger partial charge in [0.25, 0.3) is 0 Å². The van der Waals surface area contributed by atoms with Crippen molar-refractivity contribution in [3.63, 3.8) is 0 Å². The molecule has 104 valence electrons. The molecule has 1 spiro atoms. The molecule has 0 aromatic carbocycles. The van der Waals surface area contributed by atoms with Crippen LogP contribution in [0, 0.1) is 10.8 Å². The summed E-state index contributed by atoms with van der Waals surface area (Å²) in [6.45, 7) is 10.5. The smallest absolute Gasteiger partial charge is 0.0795 e. The van der Waals surface area contributed by atoms with Gasteiger partial charge in [-0.2, -0.15) is 11.8 Å². The molecule has 0 aromatic heterocycles. The molecule has 0 amide bonds. The van der Waals surface area contributed by atoms with Crippen molar-refractivity contribution in [1.82, 2.24) is 5.32 Å². The first-order chi connectivity index (χ1) is 8.37. The van der Waals surface area contributed by atoms with Crippen molar-refractivity contribution in [2.24, 2.45) is 10.8 Å². The summed E-state index contributed by atoms with van der Waals surface area (Å²) < 4.78 is 6.10. The van der Waals surface area contributed by atoms with Crippen molar-refractivity contribution >= 4 is 11.8 Å². The van der Waals surface area contributed by atoms with Crippen molar-refractivity contribution in [2.45, 2.75) is 64.6 Å². The Labute approximate surface area is 116 Å². The highest BCUT2D eigenvalue weighted by Crippen LogP contribution is 2.63. The average Bonchev–Trinajstić information content (AvgIpc) is 2.69. The van der Waals surface area contributed by atoms with Gasteiger partial charge in [0.05, 0.1) is 5.60 Å². The molecule has 2 nitrogen and oxygen atoms in total. The molecule has 0 bridgehead atoms. The third kappa shape index (κ3) is 1.94. The van der Waals surface area contributed by atoms with Crippen molar-refractivity contribution in [2.75, 3.05) is 18.1 Å². The molecule has 3 fully saturated rings. The molecule has 2 saturated heterocycles. The number of thioether (sulfide) groups is 1. The Hall–Kier alpha value is 0.270. The second-order valence-electron chi connectivity index (χ2n) is 7.57. The Bertz CT molecular complexity index is 319. The van der Waals surface area contributed by atoms with E-state index < -0.39 is 0 Å². The quantitative estimate of drug-likeness (QED) is 0.832. The number of ether oxygens (including phenoxy) is 1. The predicted octanol–water partition coefficient (Wildman–Crippen LogP) is 3.07. The van der Waals surface area contributed by atoms with Crippen LogP contribution in [0.15, 0.2) is 0 Å². The summed E-state index contributed by atoms with van der Waals surface area (Å²) in [4.78, 5) is 0. The maximum Gasteiger partial charge on any atom is 0.0795 e. The molecule has 1 N–H and O–H groups in total. The Morgan fingerprint density at radius 2 is 1.89 bits per heavy atom. The first-order valence-electron chi connectivity index (χ1n) is 7.35. The fraction of sp³-hybridized carbons (Fsp3) is 1.00. The Morgan fingerprint density at radius 3 is 2.44 bits per heavy atom. The van der Waals surface area contributed by atoms with Gasteiger partial charge in [0.1, 0.15) is 0 Å². The Kier molecular flexibility index (Phi) is 3.04. The first kappa shape index (κ1) is 13.3. The molecule has 1 saturated carbocycles. The van der Waals surface area contributed by atoms with Crippen molar-refractivity contribution in [3.8, 4) is 0 Å². The number of nitrogens with one attached hydrogen (secondary N) is 1. The number of rotatable bonds is 2. The van der Waals surface area contributed by atoms with Gasteiger partial charge in [0.2, 0.25) is 0 Å². The van der Waals surface area contributed by atoms with Gasteiger partial charge in [-0.3, -0.25) is 0 Å². The van der Waals surface area contributed by atoms with E-state index in [4.69, 9.17) is 4.74 Å². The second kappa shape index (κ2) is 4.13. The fourth-order valence-electron chi connectivity index (χ4n) is 3.88. The summed E-state index contributed by atoms with van der Waals surface area (Å²) in [6, 6.07) is 1.35. The van der Waals surface area contributed by atoms with Gasteiger partial charge < -0.3 is 10.1 Å². The lowest BCUT2D eigenvalue weighted by atomic mass is 9.89. The van der Waals surface area contributed by atoms with Crippen LogP contribution in [0.1, 0.15) is 47.0 Å². The number of hydrogen-bond donors (Lipinski definition) is 1. The lowest BCUT2D eigenvalue weighted by molar-refractivity contribution is -0.0708. The lowest BCUT2D eigenvalue weighted by Gasteiger charge is -2.38. The molecule has 2 atom stereocenters. The van der Waals surface area contributed by atoms with E-state index in [2.05, 4.69) is 44.8 Å². The zero-order valence-corrected chi connectivity index (χ0v) is 13.0. The van der Waals surface area contributed by atoms with Crippen LogP contribution in [-0.4, -0.2) is 35.8 Å². The van der Waals surface area contributed by atoms with E-state index >= 15 is 0 Å². The van der Waals surface area contributed by atoms with Crippen LogP contribution in [-0.2, 0) is 4.74 Å². The molecular formula is C15H27NOS. The highest BCUT2D eigenvalue weighted by atomic mass is 32.2. The normalized spacial score (nSPS) is 42.3. The SMILES string of the molecule is CC1(C)C(NC2CCOC3(CCSC3)C2)C1(C)C. The van der Waals surface area contributed by atoms with Crippen LogP contribution in [0.5, 0.6) is 0 Å². The first-order valence-corrected chi connectivity index (χ1v) is 8.51. The van der Waals surface area contributed by atoms with Crippen LogP contribution in [0.3, 0.4) is 0 Å². The van der Waals surface area contributed by atoms with Crippen LogP contribution in [0.4, 0.5) is 0 Å². The Morgan fingerprint density at radius 1 is 1.17 bits per heavy atom. The van der Waals surface area contributed by atoms with Gasteiger partial charge in [0.15, 0.2) is 0 Å². The van der Waals surface area contributed by atoms with E-state index in [1.165, 1.54) is 30.8 Å². The van der Waals surface area contributed by atoms with Gasteiger partial charge in [-0.1, -0.05) is 27.7 Å². The summed E-state index contributed by atoms with van der Waals surface area (Å²) in [7, 11) is 0. The van der Waals surface area contributed by atoms with E-state index in [9.17, 15) is 0 Å². The van der Waals surface area contributed by atoms with E-state index in [0.717, 1.165) is 6.61 Å². The third-order valence-corrected chi connectivity index (χ3v) is 7.21. The monoisotopic (exact) mass is 269 g/mol. The van der Waals surface area contributed by atoms with Crippen LogP contribution < -0.4 is 5.32 Å². The number of hydrogen-bond acceptors (Lipinski definition) is 3. The van der Waals surface area contributed by atoms with E-state index in [-0.39, 0.29) is 5.60 Å². The average molecular weight is 269 g/mol. The third-order valence-electron chi connectivity index (χ3n) is 5.98. The molecule has 3 rings (SSSR count). The predicted molar refractivity (Wildman–Crippen MR) is 78.1 cm³/mol. The summed E-state index contributed by atoms with van der Waals surface area (Å²) >= 11 is 2.06. The molecular weight excluding hydrogens is 242 g/mol. The molecule has 0 radical (unpaired) electrons. The molecule has 0 aromatic rings. The molecule has 2 aliphatic heterocycles. The van der Waals surface area contributed by atoms with Gasteiger partial charge in [-0.15, -0.1) is 0 Å². The minimum absolute atomic E-state index is 0.212. The summed E-state index contributed by atoms with van der Waals surface area (Å²) in [5.41, 5.74) is 1.11. The summed E-state index contributed by atoms with van der Waals surface area (Å²) in [5.74, 6) is 2.50. The zero-order chi connectivity index (χ0) is 13.0. The van der Waals surface area contributed by atoms with Crippen molar-refractivity contribution in [3.05, 3.63) is 0 Å². The van der Waals surface area contributed by atoms with E-state index in [1.54, 1.807) is 0 Å². The van der Waals surface area contributed by atoms with E-state index in [0.29, 0.717) is 22.9 Å². The molecule has 2 unspecified atom stereocenters. The second-order valence-corrected chi connectivity index (χ2v) is 8.67. The highest BCUT2D eigenvalue weighted by molar-refractivity contribution is 7.99. The summed E-state index contributed by atoms with van der Waals surface area (Å²) in [5, 5.41) is 3.94. The van der Waals surface area contributed by atoms with E-state index in [1.807, 2.05) is 0 Å². The fourth-order valence-corrected chi connectivity index (χ4v) is 5.26. The van der Waals surface area contributed by atoms with Crippen molar-refractivity contribution < 1.29 is 4.74 Å². The minimum atomic E-state index is 0.212. The minimum Gasteiger partial charge on any atom is -0.374 e. The van der Waals surface area contributed by atoms with Gasteiger partial charge >= 0.3 is 0 Å². The van der Waals surface area contributed by atoms with Crippen LogP contribution >= 0.6 is 11.8 Å². The standard InChI is InChI=1S/C15H27NOS/c1-13(2)12(14(13,3)4)16-11-5-7-17-15(9-11)6-8-18-10-15/h11-12,16H,5-10H2,1-4H3. The molecule has 18 heavy (non-hydrogen) atoms. The molecule has 3 heteroatoms. The largest absolute Gasteiger partial charge is 0.374 e. The Balaban J connectivity index is 1.61. The summed E-state index contributed by atoms with van der Waals surface area (Å²) in [6.07, 6.45) is 3.67. The van der Waals surface area contributed by atoms with Gasteiger partial charge in [-0.25, -0.2) is 0 Å². The highest BCUT2D eigenvalue weighted by Gasteiger charge is 2.65. The van der Waals surface area contributed by atoms with Crippen LogP contribution in [0.25, 0.3) is 0 Å². The molecule has 2 heterocycles. The van der Waals surface area contributed by atoms with Crippen LogP contribution in [0.2, 0.25) is 0 Å². The zero-order valence-electron chi connectivity index (χ0n) is 12.2. The lowest BCUT2D eigenvalue weighted by Crippen LogP contribution is -2.48.